The van der Waals surface area contributed by atoms with Crippen LogP contribution in [0.5, 0.6) is 0 Å². The molecule has 176 valence electrons. The Labute approximate surface area is 200 Å². The summed E-state index contributed by atoms with van der Waals surface area (Å²) in [5.74, 6) is 0.499. The molecule has 4 heterocycles. The molecule has 0 spiro atoms. The lowest BCUT2D eigenvalue weighted by atomic mass is 9.99. The van der Waals surface area contributed by atoms with E-state index < -0.39 is 0 Å². The van der Waals surface area contributed by atoms with Gasteiger partial charge in [0.2, 0.25) is 0 Å². The summed E-state index contributed by atoms with van der Waals surface area (Å²) in [6, 6.07) is 8.88. The van der Waals surface area contributed by atoms with Crippen LogP contribution in [0.1, 0.15) is 50.3 Å². The lowest BCUT2D eigenvalue weighted by molar-refractivity contribution is 0.145. The van der Waals surface area contributed by atoms with Crippen LogP contribution in [0.15, 0.2) is 35.8 Å². The molecule has 0 unspecified atom stereocenters. The SMILES string of the molecule is CC(C)c1cc(N2CCCN(Cc3csc(N4CCC(O)CC4)n3)CC2)c2ncccc2c1. The van der Waals surface area contributed by atoms with Gasteiger partial charge in [-0.15, -0.1) is 11.3 Å². The normalized spacial score (nSPS) is 18.9. The van der Waals surface area contributed by atoms with Gasteiger partial charge in [-0.1, -0.05) is 19.9 Å². The van der Waals surface area contributed by atoms with Crippen molar-refractivity contribution in [2.45, 2.75) is 51.7 Å². The third kappa shape index (κ3) is 5.15. The molecule has 0 amide bonds. The van der Waals surface area contributed by atoms with Gasteiger partial charge in [0.25, 0.3) is 0 Å². The smallest absolute Gasteiger partial charge is 0.185 e. The molecule has 0 bridgehead atoms. The number of hydrogen-bond donors (Lipinski definition) is 1. The Morgan fingerprint density at radius 3 is 2.73 bits per heavy atom. The van der Waals surface area contributed by atoms with Crippen LogP contribution in [0.2, 0.25) is 0 Å². The van der Waals surface area contributed by atoms with Gasteiger partial charge in [-0.05, 0) is 48.9 Å². The zero-order valence-corrected chi connectivity index (χ0v) is 20.6. The van der Waals surface area contributed by atoms with E-state index in [4.69, 9.17) is 9.97 Å². The average molecular weight is 466 g/mol. The number of nitrogens with zero attached hydrogens (tertiary/aromatic N) is 5. The highest BCUT2D eigenvalue weighted by molar-refractivity contribution is 7.13. The van der Waals surface area contributed by atoms with Crippen molar-refractivity contribution in [3.63, 3.8) is 0 Å². The molecule has 0 atom stereocenters. The molecule has 1 N–H and O–H groups in total. The Hall–Kier alpha value is -2.22. The molecular weight excluding hydrogens is 430 g/mol. The van der Waals surface area contributed by atoms with Gasteiger partial charge < -0.3 is 14.9 Å². The van der Waals surface area contributed by atoms with Gasteiger partial charge in [0.1, 0.15) is 0 Å². The minimum absolute atomic E-state index is 0.144. The van der Waals surface area contributed by atoms with E-state index in [1.54, 1.807) is 11.3 Å². The van der Waals surface area contributed by atoms with Gasteiger partial charge in [-0.3, -0.25) is 9.88 Å². The van der Waals surface area contributed by atoms with E-state index in [0.29, 0.717) is 5.92 Å². The van der Waals surface area contributed by atoms with Gasteiger partial charge >= 0.3 is 0 Å². The van der Waals surface area contributed by atoms with Crippen molar-refractivity contribution in [1.29, 1.82) is 0 Å². The maximum Gasteiger partial charge on any atom is 0.185 e. The molecule has 1 aromatic carbocycles. The van der Waals surface area contributed by atoms with Gasteiger partial charge in [0, 0.05) is 62.8 Å². The van der Waals surface area contributed by atoms with Crippen LogP contribution in [-0.2, 0) is 6.54 Å². The number of aromatic nitrogens is 2. The molecule has 5 rings (SSSR count). The molecule has 2 aliphatic rings. The van der Waals surface area contributed by atoms with Crippen LogP contribution in [0.25, 0.3) is 10.9 Å². The summed E-state index contributed by atoms with van der Waals surface area (Å²) < 4.78 is 0. The zero-order chi connectivity index (χ0) is 22.8. The number of aliphatic hydroxyl groups excluding tert-OH is 1. The molecule has 33 heavy (non-hydrogen) atoms. The second kappa shape index (κ2) is 9.95. The number of thiazole rings is 1. The largest absolute Gasteiger partial charge is 0.393 e. The minimum atomic E-state index is -0.144. The van der Waals surface area contributed by atoms with Crippen molar-refractivity contribution in [2.75, 3.05) is 49.1 Å². The Morgan fingerprint density at radius 1 is 1.06 bits per heavy atom. The summed E-state index contributed by atoms with van der Waals surface area (Å²) in [5.41, 5.74) is 4.95. The van der Waals surface area contributed by atoms with E-state index in [0.717, 1.165) is 75.7 Å². The minimum Gasteiger partial charge on any atom is -0.393 e. The summed E-state index contributed by atoms with van der Waals surface area (Å²) in [6.45, 7) is 11.4. The van der Waals surface area contributed by atoms with E-state index in [9.17, 15) is 5.11 Å². The van der Waals surface area contributed by atoms with Crippen LogP contribution in [0.3, 0.4) is 0 Å². The highest BCUT2D eigenvalue weighted by Crippen LogP contribution is 2.31. The number of benzene rings is 1. The van der Waals surface area contributed by atoms with Crippen molar-refractivity contribution in [1.82, 2.24) is 14.9 Å². The van der Waals surface area contributed by atoms with Crippen molar-refractivity contribution in [3.05, 3.63) is 47.1 Å². The fourth-order valence-corrected chi connectivity index (χ4v) is 5.81. The number of piperidine rings is 1. The highest BCUT2D eigenvalue weighted by atomic mass is 32.1. The fraction of sp³-hybridized carbons (Fsp3) is 0.538. The number of aliphatic hydroxyl groups is 1. The number of hydrogen-bond acceptors (Lipinski definition) is 7. The first-order valence-electron chi connectivity index (χ1n) is 12.3. The number of fused-ring (bicyclic) bond motifs is 1. The Kier molecular flexibility index (Phi) is 6.81. The van der Waals surface area contributed by atoms with E-state index in [1.807, 2.05) is 12.3 Å². The summed E-state index contributed by atoms with van der Waals surface area (Å²) in [5, 5.41) is 14.3. The molecule has 2 aliphatic heterocycles. The lowest BCUT2D eigenvalue weighted by Gasteiger charge is -2.29. The van der Waals surface area contributed by atoms with Crippen LogP contribution >= 0.6 is 11.3 Å². The molecule has 2 fully saturated rings. The fourth-order valence-electron chi connectivity index (χ4n) is 4.94. The second-order valence-corrected chi connectivity index (χ2v) is 10.6. The predicted octanol–water partition coefficient (Wildman–Crippen LogP) is 4.49. The molecule has 7 heteroatoms. The quantitative estimate of drug-likeness (QED) is 0.599. The topological polar surface area (TPSA) is 55.7 Å². The first-order valence-corrected chi connectivity index (χ1v) is 13.2. The lowest BCUT2D eigenvalue weighted by Crippen LogP contribution is -2.35. The maximum absolute atomic E-state index is 9.77. The van der Waals surface area contributed by atoms with Crippen molar-refractivity contribution < 1.29 is 5.11 Å². The summed E-state index contributed by atoms with van der Waals surface area (Å²) in [7, 11) is 0. The third-order valence-corrected chi connectivity index (χ3v) is 7.91. The van der Waals surface area contributed by atoms with Crippen molar-refractivity contribution >= 4 is 33.1 Å². The standard InChI is InChI=1S/C26H35N5OS/c1-19(2)21-15-20-5-3-8-27-25(20)24(16-21)30-10-4-9-29(13-14-30)17-22-18-33-26(28-22)31-11-6-23(32)7-12-31/h3,5,8,15-16,18-19,23,32H,4,6-7,9-14,17H2,1-2H3. The van der Waals surface area contributed by atoms with Crippen LogP contribution < -0.4 is 9.80 Å². The second-order valence-electron chi connectivity index (χ2n) is 9.73. The molecule has 2 aromatic heterocycles. The van der Waals surface area contributed by atoms with Crippen molar-refractivity contribution in [2.24, 2.45) is 0 Å². The molecule has 2 saturated heterocycles. The molecule has 0 radical (unpaired) electrons. The highest BCUT2D eigenvalue weighted by Gasteiger charge is 2.22. The van der Waals surface area contributed by atoms with Gasteiger partial charge in [0.15, 0.2) is 5.13 Å². The summed E-state index contributed by atoms with van der Waals surface area (Å²) >= 11 is 1.74. The summed E-state index contributed by atoms with van der Waals surface area (Å²) in [4.78, 5) is 17.1. The number of pyridine rings is 1. The zero-order valence-electron chi connectivity index (χ0n) is 19.8. The third-order valence-electron chi connectivity index (χ3n) is 6.96. The van der Waals surface area contributed by atoms with Crippen LogP contribution in [-0.4, -0.2) is 65.3 Å². The predicted molar refractivity (Wildman–Crippen MR) is 138 cm³/mol. The van der Waals surface area contributed by atoms with Gasteiger partial charge in [-0.25, -0.2) is 4.98 Å². The van der Waals surface area contributed by atoms with E-state index >= 15 is 0 Å². The number of anilines is 2. The monoisotopic (exact) mass is 465 g/mol. The molecular formula is C26H35N5OS. The van der Waals surface area contributed by atoms with Gasteiger partial charge in [-0.2, -0.15) is 0 Å². The molecule has 0 aliphatic carbocycles. The average Bonchev–Trinajstić information content (AvgIpc) is 3.16. The van der Waals surface area contributed by atoms with E-state index in [-0.39, 0.29) is 6.10 Å². The first kappa shape index (κ1) is 22.6. The summed E-state index contributed by atoms with van der Waals surface area (Å²) in [6.07, 6.45) is 4.60. The Bertz CT molecular complexity index is 1080. The van der Waals surface area contributed by atoms with E-state index in [1.165, 1.54) is 22.3 Å². The molecule has 0 saturated carbocycles. The maximum atomic E-state index is 9.77. The van der Waals surface area contributed by atoms with Crippen molar-refractivity contribution in [3.8, 4) is 0 Å². The Balaban J connectivity index is 1.26. The van der Waals surface area contributed by atoms with Crippen LogP contribution in [0, 0.1) is 0 Å². The molecule has 3 aromatic rings. The van der Waals surface area contributed by atoms with Crippen LogP contribution in [0.4, 0.5) is 10.8 Å². The first-order chi connectivity index (χ1) is 16.1. The van der Waals surface area contributed by atoms with Gasteiger partial charge in [0.05, 0.1) is 23.0 Å². The Morgan fingerprint density at radius 2 is 1.91 bits per heavy atom. The van der Waals surface area contributed by atoms with E-state index in [2.05, 4.69) is 52.1 Å². The molecule has 6 nitrogen and oxygen atoms in total. The number of rotatable bonds is 5.